The Kier molecular flexibility index (Phi) is 3.76. The Morgan fingerprint density at radius 1 is 1.37 bits per heavy atom. The summed E-state index contributed by atoms with van der Waals surface area (Å²) in [5.41, 5.74) is -4.11. The van der Waals surface area contributed by atoms with Gasteiger partial charge in [0.05, 0.1) is 5.69 Å². The van der Waals surface area contributed by atoms with E-state index in [1.807, 2.05) is 0 Å². The quantitative estimate of drug-likeness (QED) is 0.614. The molecule has 0 aliphatic carbocycles. The highest BCUT2D eigenvalue weighted by Gasteiger charge is 2.34. The van der Waals surface area contributed by atoms with Crippen molar-refractivity contribution in [2.45, 2.75) is 16.8 Å². The Bertz CT molecular complexity index is 535. The summed E-state index contributed by atoms with van der Waals surface area (Å²) in [6.07, 6.45) is 5.44. The lowest BCUT2D eigenvalue weighted by atomic mass is 10.1. The van der Waals surface area contributed by atoms with Crippen LogP contribution in [0.2, 0.25) is 0 Å². The van der Waals surface area contributed by atoms with Crippen LogP contribution in [0.3, 0.4) is 0 Å². The summed E-state index contributed by atoms with van der Waals surface area (Å²) in [5, 5.41) is 0. The summed E-state index contributed by atoms with van der Waals surface area (Å²) in [6.45, 7) is 0.269. The number of hydrogen-bond donors (Lipinski definition) is 0. The van der Waals surface area contributed by atoms with E-state index >= 15 is 0 Å². The van der Waals surface area contributed by atoms with Crippen LogP contribution in [-0.2, 0) is 4.79 Å². The van der Waals surface area contributed by atoms with Crippen LogP contribution in [0.25, 0.3) is 0 Å². The molecule has 100 valence electrons. The minimum absolute atomic E-state index is 0.0148. The summed E-state index contributed by atoms with van der Waals surface area (Å²) in [6, 6.07) is 5.97. The van der Waals surface area contributed by atoms with Gasteiger partial charge in [-0.1, -0.05) is 12.1 Å². The molecule has 1 aliphatic rings. The minimum atomic E-state index is -4.38. The summed E-state index contributed by atoms with van der Waals surface area (Å²) in [5.74, 6) is 1.99. The largest absolute Gasteiger partial charge is 0.446 e. The van der Waals surface area contributed by atoms with E-state index in [0.29, 0.717) is 0 Å². The molecule has 1 aromatic carbocycles. The van der Waals surface area contributed by atoms with Crippen molar-refractivity contribution in [1.29, 1.82) is 0 Å². The summed E-state index contributed by atoms with van der Waals surface area (Å²) < 4.78 is 37.4. The summed E-state index contributed by atoms with van der Waals surface area (Å²) in [7, 11) is 0. The molecule has 1 aromatic rings. The van der Waals surface area contributed by atoms with Crippen LogP contribution in [-0.4, -0.2) is 18.0 Å². The van der Waals surface area contributed by atoms with Crippen LogP contribution < -0.4 is 4.90 Å². The number of hydrogen-bond acceptors (Lipinski definition) is 2. The number of benzene rings is 1. The number of halogens is 3. The van der Waals surface area contributed by atoms with Crippen LogP contribution in [0, 0.1) is 18.3 Å². The van der Waals surface area contributed by atoms with Crippen molar-refractivity contribution >= 4 is 23.4 Å². The number of carbonyl (C=O) groups is 1. The number of amides is 1. The predicted molar refractivity (Wildman–Crippen MR) is 67.6 cm³/mol. The first-order valence-electron chi connectivity index (χ1n) is 5.52. The van der Waals surface area contributed by atoms with Crippen LogP contribution in [0.4, 0.5) is 18.9 Å². The Morgan fingerprint density at radius 3 is 2.63 bits per heavy atom. The topological polar surface area (TPSA) is 20.3 Å². The highest BCUT2D eigenvalue weighted by molar-refractivity contribution is 8.00. The van der Waals surface area contributed by atoms with Gasteiger partial charge in [0.15, 0.2) is 0 Å². The SMILES string of the molecule is C#CC1CC(=O)N(c2ccccc2SC(F)(F)F)C1. The first kappa shape index (κ1) is 13.8. The van der Waals surface area contributed by atoms with E-state index < -0.39 is 5.51 Å². The zero-order chi connectivity index (χ0) is 14.0. The Hall–Kier alpha value is -1.61. The second-order valence-corrected chi connectivity index (χ2v) is 5.19. The fraction of sp³-hybridized carbons (Fsp3) is 0.308. The lowest BCUT2D eigenvalue weighted by Crippen LogP contribution is -2.25. The fourth-order valence-corrected chi connectivity index (χ4v) is 2.62. The molecule has 0 spiro atoms. The van der Waals surface area contributed by atoms with Gasteiger partial charge in [0.2, 0.25) is 5.91 Å². The molecule has 0 bridgehead atoms. The summed E-state index contributed by atoms with van der Waals surface area (Å²) in [4.78, 5) is 13.1. The van der Waals surface area contributed by atoms with E-state index in [1.165, 1.54) is 23.1 Å². The third-order valence-electron chi connectivity index (χ3n) is 2.74. The van der Waals surface area contributed by atoms with Crippen LogP contribution in [0.5, 0.6) is 0 Å². The highest BCUT2D eigenvalue weighted by Crippen LogP contribution is 2.42. The molecule has 0 aromatic heterocycles. The molecule has 1 amide bonds. The van der Waals surface area contributed by atoms with Gasteiger partial charge in [-0.15, -0.1) is 12.3 Å². The lowest BCUT2D eigenvalue weighted by Gasteiger charge is -2.20. The molecule has 0 saturated carbocycles. The van der Waals surface area contributed by atoms with Gasteiger partial charge in [-0.2, -0.15) is 13.2 Å². The second kappa shape index (κ2) is 5.17. The normalized spacial score (nSPS) is 19.6. The molecular weight excluding hydrogens is 275 g/mol. The number of para-hydroxylation sites is 1. The van der Waals surface area contributed by atoms with E-state index in [2.05, 4.69) is 5.92 Å². The number of nitrogens with zero attached hydrogens (tertiary/aromatic N) is 1. The standard InChI is InChI=1S/C13H10F3NOS/c1-2-9-7-12(18)17(8-9)10-5-3-4-6-11(10)19-13(14,15)16/h1,3-6,9H,7-8H2. The summed E-state index contributed by atoms with van der Waals surface area (Å²) >= 11 is -0.220. The predicted octanol–water partition coefficient (Wildman–Crippen LogP) is 3.28. The molecule has 0 radical (unpaired) electrons. The van der Waals surface area contributed by atoms with Crippen LogP contribution >= 0.6 is 11.8 Å². The molecule has 1 aliphatic heterocycles. The van der Waals surface area contributed by atoms with Gasteiger partial charge >= 0.3 is 5.51 Å². The molecule has 19 heavy (non-hydrogen) atoms. The molecule has 1 heterocycles. The minimum Gasteiger partial charge on any atom is -0.310 e. The van der Waals surface area contributed by atoms with Gasteiger partial charge in [0.1, 0.15) is 0 Å². The van der Waals surface area contributed by atoms with E-state index in [0.717, 1.165) is 0 Å². The van der Waals surface area contributed by atoms with Crippen molar-refractivity contribution in [2.75, 3.05) is 11.4 Å². The maximum Gasteiger partial charge on any atom is 0.446 e. The molecule has 6 heteroatoms. The average molecular weight is 285 g/mol. The molecule has 1 saturated heterocycles. The molecule has 1 atom stereocenters. The van der Waals surface area contributed by atoms with Crippen molar-refractivity contribution in [3.63, 3.8) is 0 Å². The number of anilines is 1. The molecule has 1 fully saturated rings. The van der Waals surface area contributed by atoms with Crippen molar-refractivity contribution in [3.8, 4) is 12.3 Å². The van der Waals surface area contributed by atoms with E-state index in [1.54, 1.807) is 6.07 Å². The monoisotopic (exact) mass is 285 g/mol. The van der Waals surface area contributed by atoms with Crippen molar-refractivity contribution in [3.05, 3.63) is 24.3 Å². The zero-order valence-electron chi connectivity index (χ0n) is 9.78. The Labute approximate surface area is 113 Å². The second-order valence-electron chi connectivity index (χ2n) is 4.09. The maximum atomic E-state index is 12.5. The zero-order valence-corrected chi connectivity index (χ0v) is 10.6. The van der Waals surface area contributed by atoms with Gasteiger partial charge in [-0.25, -0.2) is 0 Å². The Balaban J connectivity index is 2.31. The molecule has 1 unspecified atom stereocenters. The van der Waals surface area contributed by atoms with E-state index in [-0.39, 0.29) is 47.1 Å². The smallest absolute Gasteiger partial charge is 0.310 e. The number of thioether (sulfide) groups is 1. The highest BCUT2D eigenvalue weighted by atomic mass is 32.2. The number of alkyl halides is 3. The molecule has 2 rings (SSSR count). The first-order chi connectivity index (χ1) is 8.90. The lowest BCUT2D eigenvalue weighted by molar-refractivity contribution is -0.117. The number of rotatable bonds is 2. The van der Waals surface area contributed by atoms with Gasteiger partial charge in [-0.05, 0) is 23.9 Å². The maximum absolute atomic E-state index is 12.5. The first-order valence-corrected chi connectivity index (χ1v) is 6.33. The van der Waals surface area contributed by atoms with Gasteiger partial charge in [-0.3, -0.25) is 4.79 Å². The van der Waals surface area contributed by atoms with Crippen molar-refractivity contribution in [2.24, 2.45) is 5.92 Å². The average Bonchev–Trinajstić information content (AvgIpc) is 2.69. The van der Waals surface area contributed by atoms with Crippen LogP contribution in [0.1, 0.15) is 6.42 Å². The number of carbonyl (C=O) groups excluding carboxylic acids is 1. The number of terminal acetylenes is 1. The van der Waals surface area contributed by atoms with Crippen LogP contribution in [0.15, 0.2) is 29.2 Å². The third kappa shape index (κ3) is 3.24. The van der Waals surface area contributed by atoms with Gasteiger partial charge in [0.25, 0.3) is 0 Å². The Morgan fingerprint density at radius 2 is 2.05 bits per heavy atom. The van der Waals surface area contributed by atoms with E-state index in [9.17, 15) is 18.0 Å². The molecular formula is C13H10F3NOS. The van der Waals surface area contributed by atoms with Gasteiger partial charge in [0, 0.05) is 23.8 Å². The molecule has 0 N–H and O–H groups in total. The van der Waals surface area contributed by atoms with E-state index in [4.69, 9.17) is 6.42 Å². The van der Waals surface area contributed by atoms with Crippen molar-refractivity contribution < 1.29 is 18.0 Å². The molecule has 2 nitrogen and oxygen atoms in total. The third-order valence-corrected chi connectivity index (χ3v) is 3.54. The van der Waals surface area contributed by atoms with Gasteiger partial charge < -0.3 is 4.90 Å². The van der Waals surface area contributed by atoms with Crippen molar-refractivity contribution in [1.82, 2.24) is 0 Å². The fourth-order valence-electron chi connectivity index (χ4n) is 1.94.